The molecule has 22 heavy (non-hydrogen) atoms. The second-order valence-electron chi connectivity index (χ2n) is 4.87. The van der Waals surface area contributed by atoms with Gasteiger partial charge in [-0.15, -0.1) is 0 Å². The first-order valence-corrected chi connectivity index (χ1v) is 7.67. The maximum atomic E-state index is 12.2. The number of rotatable bonds is 3. The molecule has 0 unspecified atom stereocenters. The maximum absolute atomic E-state index is 12.2. The minimum Gasteiger partial charge on any atom is -0.497 e. The summed E-state index contributed by atoms with van der Waals surface area (Å²) in [6.45, 7) is 1.84. The van der Waals surface area contributed by atoms with Gasteiger partial charge in [0, 0.05) is 6.20 Å². The van der Waals surface area contributed by atoms with Crippen LogP contribution in [-0.2, 0) is 9.53 Å². The Bertz CT molecular complexity index is 692. The Morgan fingerprint density at radius 3 is 2.64 bits per heavy atom. The average molecular weight is 316 g/mol. The van der Waals surface area contributed by atoms with E-state index in [0.29, 0.717) is 11.3 Å². The summed E-state index contributed by atoms with van der Waals surface area (Å²) in [4.78, 5) is 18.7. The van der Waals surface area contributed by atoms with Gasteiger partial charge >= 0.3 is 5.97 Å². The van der Waals surface area contributed by atoms with Gasteiger partial charge in [0.15, 0.2) is 5.17 Å². The summed E-state index contributed by atoms with van der Waals surface area (Å²) in [7, 11) is 3.02. The average Bonchev–Trinajstić information content (AvgIpc) is 3.00. The van der Waals surface area contributed by atoms with Crippen LogP contribution in [0.3, 0.4) is 0 Å². The molecule has 0 radical (unpaired) electrons. The first kappa shape index (κ1) is 14.7. The molecule has 2 heterocycles. The van der Waals surface area contributed by atoms with Gasteiger partial charge in [-0.25, -0.2) is 9.79 Å². The Kier molecular flexibility index (Phi) is 3.94. The van der Waals surface area contributed by atoms with Gasteiger partial charge in [0.1, 0.15) is 5.75 Å². The molecule has 1 atom stereocenters. The number of aliphatic imine (C=N–C) groups is 1. The van der Waals surface area contributed by atoms with Crippen molar-refractivity contribution in [3.8, 4) is 5.75 Å². The molecule has 0 aliphatic carbocycles. The van der Waals surface area contributed by atoms with E-state index in [1.54, 1.807) is 18.9 Å². The predicted molar refractivity (Wildman–Crippen MR) is 86.5 cm³/mol. The number of methoxy groups -OCH3 is 2. The van der Waals surface area contributed by atoms with E-state index in [4.69, 9.17) is 9.47 Å². The number of thioether (sulfide) groups is 1. The van der Waals surface area contributed by atoms with Crippen LogP contribution >= 0.6 is 11.8 Å². The third kappa shape index (κ3) is 2.39. The van der Waals surface area contributed by atoms with Crippen LogP contribution < -0.4 is 4.74 Å². The monoisotopic (exact) mass is 316 g/mol. The van der Waals surface area contributed by atoms with Crippen molar-refractivity contribution >= 4 is 22.9 Å². The summed E-state index contributed by atoms with van der Waals surface area (Å²) >= 11 is 1.54. The topological polar surface area (TPSA) is 51.1 Å². The van der Waals surface area contributed by atoms with Crippen molar-refractivity contribution in [1.82, 2.24) is 4.90 Å². The molecule has 0 saturated carbocycles. The minimum absolute atomic E-state index is 0.239. The fourth-order valence-corrected chi connectivity index (χ4v) is 3.38. The largest absolute Gasteiger partial charge is 0.497 e. The predicted octanol–water partition coefficient (Wildman–Crippen LogP) is 3.07. The summed E-state index contributed by atoms with van der Waals surface area (Å²) in [5.74, 6) is 0.423. The van der Waals surface area contributed by atoms with E-state index < -0.39 is 0 Å². The van der Waals surface area contributed by atoms with Crippen LogP contribution in [0.25, 0.3) is 0 Å². The fourth-order valence-electron chi connectivity index (χ4n) is 2.59. The van der Waals surface area contributed by atoms with E-state index >= 15 is 0 Å². The Morgan fingerprint density at radius 1 is 1.27 bits per heavy atom. The van der Waals surface area contributed by atoms with Crippen LogP contribution in [0.4, 0.5) is 0 Å². The molecule has 5 nitrogen and oxygen atoms in total. The lowest BCUT2D eigenvalue weighted by Crippen LogP contribution is -2.33. The fraction of sp³-hybridized carbons (Fsp3) is 0.250. The molecule has 6 heteroatoms. The van der Waals surface area contributed by atoms with Crippen LogP contribution in [0.15, 0.2) is 52.1 Å². The molecule has 114 valence electrons. The van der Waals surface area contributed by atoms with Gasteiger partial charge in [-0.1, -0.05) is 23.9 Å². The number of esters is 1. The number of carbonyl (C=O) groups excluding carboxylic acids is 1. The molecule has 2 aliphatic heterocycles. The highest BCUT2D eigenvalue weighted by Gasteiger charge is 2.37. The molecule has 0 N–H and O–H groups in total. The Morgan fingerprint density at radius 2 is 2.00 bits per heavy atom. The highest BCUT2D eigenvalue weighted by atomic mass is 32.2. The highest BCUT2D eigenvalue weighted by Crippen LogP contribution is 2.41. The minimum atomic E-state index is -0.355. The zero-order chi connectivity index (χ0) is 15.7. The number of amidine groups is 1. The van der Waals surface area contributed by atoms with Crippen molar-refractivity contribution in [2.45, 2.75) is 13.0 Å². The van der Waals surface area contributed by atoms with Crippen molar-refractivity contribution < 1.29 is 14.3 Å². The van der Waals surface area contributed by atoms with Crippen molar-refractivity contribution in [3.63, 3.8) is 0 Å². The van der Waals surface area contributed by atoms with Crippen molar-refractivity contribution in [1.29, 1.82) is 0 Å². The first-order chi connectivity index (χ1) is 10.7. The summed E-state index contributed by atoms with van der Waals surface area (Å²) in [5, 5.41) is 2.83. The summed E-state index contributed by atoms with van der Waals surface area (Å²) in [6.07, 6.45) is 1.94. The molecule has 0 amide bonds. The lowest BCUT2D eigenvalue weighted by atomic mass is 9.95. The summed E-state index contributed by atoms with van der Waals surface area (Å²) < 4.78 is 10.2. The normalized spacial score (nSPS) is 19.9. The maximum Gasteiger partial charge on any atom is 0.338 e. The highest BCUT2D eigenvalue weighted by molar-refractivity contribution is 8.16. The molecule has 2 aliphatic rings. The second-order valence-corrected chi connectivity index (χ2v) is 5.74. The molecule has 1 aromatic rings. The van der Waals surface area contributed by atoms with Gasteiger partial charge in [0.25, 0.3) is 0 Å². The lowest BCUT2D eigenvalue weighted by Gasteiger charge is -2.33. The molecule has 0 spiro atoms. The van der Waals surface area contributed by atoms with Gasteiger partial charge < -0.3 is 14.4 Å². The number of fused-ring (bicyclic) bond motifs is 1. The van der Waals surface area contributed by atoms with Gasteiger partial charge in [-0.05, 0) is 30.0 Å². The van der Waals surface area contributed by atoms with E-state index in [-0.39, 0.29) is 12.0 Å². The Labute approximate surface area is 133 Å². The molecule has 0 saturated heterocycles. The van der Waals surface area contributed by atoms with Gasteiger partial charge in [-0.3, -0.25) is 0 Å². The third-order valence-corrected chi connectivity index (χ3v) is 4.43. The Hall–Kier alpha value is -2.21. The van der Waals surface area contributed by atoms with Gasteiger partial charge in [0.05, 0.1) is 31.5 Å². The number of ether oxygens (including phenoxy) is 2. The SMILES string of the molecule is COC(=O)C1=C(C)N=C2SC=CN2[C@@H]1c1ccc(OC)cc1. The van der Waals surface area contributed by atoms with E-state index in [1.807, 2.05) is 47.7 Å². The van der Waals surface area contributed by atoms with Crippen LogP contribution in [-0.4, -0.2) is 30.3 Å². The van der Waals surface area contributed by atoms with E-state index in [0.717, 1.165) is 16.5 Å². The first-order valence-electron chi connectivity index (χ1n) is 6.79. The molecule has 3 rings (SSSR count). The number of benzene rings is 1. The number of nitrogens with zero attached hydrogens (tertiary/aromatic N) is 2. The van der Waals surface area contributed by atoms with E-state index in [1.165, 1.54) is 7.11 Å². The molecular weight excluding hydrogens is 300 g/mol. The molecule has 1 aromatic carbocycles. The van der Waals surface area contributed by atoms with Crippen LogP contribution in [0, 0.1) is 0 Å². The van der Waals surface area contributed by atoms with Crippen molar-refractivity contribution in [3.05, 3.63) is 52.7 Å². The van der Waals surface area contributed by atoms with Crippen molar-refractivity contribution in [2.24, 2.45) is 4.99 Å². The molecule has 0 fully saturated rings. The van der Waals surface area contributed by atoms with Crippen LogP contribution in [0.1, 0.15) is 18.5 Å². The van der Waals surface area contributed by atoms with E-state index in [9.17, 15) is 4.79 Å². The molecular formula is C16H16N2O3S. The zero-order valence-electron chi connectivity index (χ0n) is 12.6. The second kappa shape index (κ2) is 5.88. The quantitative estimate of drug-likeness (QED) is 0.802. The number of hydrogen-bond donors (Lipinski definition) is 0. The lowest BCUT2D eigenvalue weighted by molar-refractivity contribution is -0.136. The van der Waals surface area contributed by atoms with Gasteiger partial charge in [-0.2, -0.15) is 0 Å². The zero-order valence-corrected chi connectivity index (χ0v) is 13.4. The summed E-state index contributed by atoms with van der Waals surface area (Å²) in [5.41, 5.74) is 2.23. The van der Waals surface area contributed by atoms with Gasteiger partial charge in [0.2, 0.25) is 0 Å². The number of carbonyl (C=O) groups is 1. The van der Waals surface area contributed by atoms with Crippen LogP contribution in [0.2, 0.25) is 0 Å². The molecule has 0 aromatic heterocycles. The number of hydrogen-bond acceptors (Lipinski definition) is 6. The molecule has 0 bridgehead atoms. The van der Waals surface area contributed by atoms with Crippen LogP contribution in [0.5, 0.6) is 5.75 Å². The smallest absolute Gasteiger partial charge is 0.338 e. The summed E-state index contributed by atoms with van der Waals surface area (Å²) in [6, 6.07) is 7.45. The Balaban J connectivity index is 2.09. The van der Waals surface area contributed by atoms with Crippen molar-refractivity contribution in [2.75, 3.05) is 14.2 Å². The van der Waals surface area contributed by atoms with E-state index in [2.05, 4.69) is 4.99 Å². The number of allylic oxidation sites excluding steroid dienone is 1. The third-order valence-electron chi connectivity index (χ3n) is 3.66. The standard InChI is InChI=1S/C16H16N2O3S/c1-10-13(15(19)21-3)14(18-8-9-22-16(18)17-10)11-4-6-12(20-2)7-5-11/h4-9,14H,1-3H3/t14-/m1/s1.